The van der Waals surface area contributed by atoms with E-state index in [1.807, 2.05) is 6.92 Å². The number of carbonyl (C=O) groups is 1. The number of hydrogen-bond acceptors (Lipinski definition) is 3. The molecule has 1 amide bonds. The van der Waals surface area contributed by atoms with Crippen molar-refractivity contribution in [2.45, 2.75) is 52.0 Å². The van der Waals surface area contributed by atoms with Gasteiger partial charge in [0.1, 0.15) is 0 Å². The number of amides is 1. The first kappa shape index (κ1) is 15.4. The van der Waals surface area contributed by atoms with Gasteiger partial charge in [0, 0.05) is 20.3 Å². The summed E-state index contributed by atoms with van der Waals surface area (Å²) >= 11 is 0. The highest BCUT2D eigenvalue weighted by molar-refractivity contribution is 5.81. The summed E-state index contributed by atoms with van der Waals surface area (Å²) in [5.41, 5.74) is 6.19. The topological polar surface area (TPSA) is 64.4 Å². The Morgan fingerprint density at radius 1 is 1.50 bits per heavy atom. The van der Waals surface area contributed by atoms with Crippen molar-refractivity contribution in [1.29, 1.82) is 0 Å². The van der Waals surface area contributed by atoms with Crippen LogP contribution in [0.25, 0.3) is 0 Å². The minimum atomic E-state index is -0.380. The van der Waals surface area contributed by atoms with Gasteiger partial charge in [-0.2, -0.15) is 0 Å². The van der Waals surface area contributed by atoms with Crippen molar-refractivity contribution >= 4 is 5.91 Å². The maximum Gasteiger partial charge on any atom is 0.237 e. The molecule has 4 nitrogen and oxygen atoms in total. The Bertz CT molecular complexity index is 265. The van der Waals surface area contributed by atoms with E-state index in [0.717, 1.165) is 26.0 Å². The molecule has 0 aliphatic heterocycles. The minimum absolute atomic E-state index is 0.00644. The van der Waals surface area contributed by atoms with E-state index in [1.165, 1.54) is 19.3 Å². The highest BCUT2D eigenvalue weighted by Crippen LogP contribution is 2.43. The lowest BCUT2D eigenvalue weighted by molar-refractivity contribution is -0.124. The first-order valence-corrected chi connectivity index (χ1v) is 7.07. The number of carbonyl (C=O) groups excluding carboxylic acids is 1. The summed E-state index contributed by atoms with van der Waals surface area (Å²) in [6.45, 7) is 5.60. The number of rotatable bonds is 8. The molecule has 0 radical (unpaired) electrons. The molecular weight excluding hydrogens is 228 g/mol. The van der Waals surface area contributed by atoms with Crippen LogP contribution in [-0.2, 0) is 9.53 Å². The molecule has 1 saturated carbocycles. The van der Waals surface area contributed by atoms with E-state index in [2.05, 4.69) is 12.2 Å². The maximum atomic E-state index is 11.9. The molecule has 0 saturated heterocycles. The Hall–Kier alpha value is -0.610. The van der Waals surface area contributed by atoms with E-state index in [4.69, 9.17) is 10.5 Å². The number of nitrogens with one attached hydrogen (secondary N) is 1. The van der Waals surface area contributed by atoms with E-state index >= 15 is 0 Å². The molecule has 0 aromatic heterocycles. The third-order valence-electron chi connectivity index (χ3n) is 4.45. The van der Waals surface area contributed by atoms with Crippen LogP contribution in [0.1, 0.15) is 46.0 Å². The standard InChI is InChI=1S/C14H28N2O2/c1-4-11(2)12(15)13(17)16-10-14(6-5-7-14)8-9-18-3/h11-12H,4-10,15H2,1-3H3,(H,16,17). The zero-order chi connectivity index (χ0) is 13.6. The Morgan fingerprint density at radius 3 is 2.61 bits per heavy atom. The largest absolute Gasteiger partial charge is 0.385 e. The molecule has 3 N–H and O–H groups in total. The highest BCUT2D eigenvalue weighted by Gasteiger charge is 2.37. The van der Waals surface area contributed by atoms with Crippen LogP contribution >= 0.6 is 0 Å². The second kappa shape index (κ2) is 7.10. The monoisotopic (exact) mass is 256 g/mol. The van der Waals surface area contributed by atoms with Gasteiger partial charge in [-0.3, -0.25) is 4.79 Å². The molecule has 0 aromatic carbocycles. The predicted octanol–water partition coefficient (Wildman–Crippen LogP) is 1.68. The van der Waals surface area contributed by atoms with Gasteiger partial charge >= 0.3 is 0 Å². The van der Waals surface area contributed by atoms with E-state index in [1.54, 1.807) is 7.11 Å². The van der Waals surface area contributed by atoms with Crippen LogP contribution < -0.4 is 11.1 Å². The van der Waals surface area contributed by atoms with Crippen LogP contribution in [0.15, 0.2) is 0 Å². The van der Waals surface area contributed by atoms with Gasteiger partial charge in [-0.05, 0) is 30.6 Å². The third kappa shape index (κ3) is 3.95. The number of ether oxygens (including phenoxy) is 1. The molecule has 0 bridgehead atoms. The molecule has 1 fully saturated rings. The fraction of sp³-hybridized carbons (Fsp3) is 0.929. The normalized spacial score (nSPS) is 20.9. The first-order valence-electron chi connectivity index (χ1n) is 7.07. The Kier molecular flexibility index (Phi) is 6.09. The van der Waals surface area contributed by atoms with Crippen molar-refractivity contribution in [3.8, 4) is 0 Å². The van der Waals surface area contributed by atoms with Gasteiger partial charge in [0.2, 0.25) is 5.91 Å². The van der Waals surface area contributed by atoms with Crippen molar-refractivity contribution in [2.75, 3.05) is 20.3 Å². The zero-order valence-corrected chi connectivity index (χ0v) is 12.0. The van der Waals surface area contributed by atoms with Crippen molar-refractivity contribution in [3.05, 3.63) is 0 Å². The number of methoxy groups -OCH3 is 1. The molecule has 2 unspecified atom stereocenters. The second-order valence-electron chi connectivity index (χ2n) is 5.73. The van der Waals surface area contributed by atoms with Crippen LogP contribution in [-0.4, -0.2) is 32.2 Å². The first-order chi connectivity index (χ1) is 8.54. The van der Waals surface area contributed by atoms with Crippen LogP contribution in [0, 0.1) is 11.3 Å². The van der Waals surface area contributed by atoms with Crippen LogP contribution in [0.3, 0.4) is 0 Å². The molecular formula is C14H28N2O2. The summed E-state index contributed by atoms with van der Waals surface area (Å²) < 4.78 is 5.15. The summed E-state index contributed by atoms with van der Waals surface area (Å²) in [5.74, 6) is 0.231. The quantitative estimate of drug-likeness (QED) is 0.694. The van der Waals surface area contributed by atoms with E-state index in [0.29, 0.717) is 0 Å². The fourth-order valence-electron chi connectivity index (χ4n) is 2.42. The Balaban J connectivity index is 2.36. The van der Waals surface area contributed by atoms with Gasteiger partial charge in [-0.1, -0.05) is 26.7 Å². The lowest BCUT2D eigenvalue weighted by Crippen LogP contribution is -2.49. The summed E-state index contributed by atoms with van der Waals surface area (Å²) in [6.07, 6.45) is 5.60. The molecule has 0 heterocycles. The van der Waals surface area contributed by atoms with E-state index < -0.39 is 0 Å². The van der Waals surface area contributed by atoms with Gasteiger partial charge in [-0.15, -0.1) is 0 Å². The molecule has 18 heavy (non-hydrogen) atoms. The third-order valence-corrected chi connectivity index (χ3v) is 4.45. The van der Waals surface area contributed by atoms with Crippen LogP contribution in [0.5, 0.6) is 0 Å². The SMILES string of the molecule is CCC(C)C(N)C(=O)NCC1(CCOC)CCC1. The summed E-state index contributed by atoms with van der Waals surface area (Å²) in [5, 5.41) is 3.03. The molecule has 4 heteroatoms. The predicted molar refractivity (Wildman–Crippen MR) is 73.2 cm³/mol. The van der Waals surface area contributed by atoms with Gasteiger partial charge < -0.3 is 15.8 Å². The molecule has 106 valence electrons. The lowest BCUT2D eigenvalue weighted by atomic mass is 9.66. The van der Waals surface area contributed by atoms with Crippen LogP contribution in [0.4, 0.5) is 0 Å². The molecule has 1 aliphatic carbocycles. The average Bonchev–Trinajstić information content (AvgIpc) is 2.34. The molecule has 0 aromatic rings. The van der Waals surface area contributed by atoms with Crippen molar-refractivity contribution < 1.29 is 9.53 Å². The number of nitrogens with two attached hydrogens (primary N) is 1. The molecule has 0 spiro atoms. The highest BCUT2D eigenvalue weighted by atomic mass is 16.5. The summed E-state index contributed by atoms with van der Waals surface area (Å²) in [4.78, 5) is 11.9. The van der Waals surface area contributed by atoms with Gasteiger partial charge in [0.05, 0.1) is 6.04 Å². The van der Waals surface area contributed by atoms with Crippen molar-refractivity contribution in [3.63, 3.8) is 0 Å². The number of hydrogen-bond donors (Lipinski definition) is 2. The fourth-order valence-corrected chi connectivity index (χ4v) is 2.42. The van der Waals surface area contributed by atoms with E-state index in [9.17, 15) is 4.79 Å². The average molecular weight is 256 g/mol. The second-order valence-corrected chi connectivity index (χ2v) is 5.73. The zero-order valence-electron chi connectivity index (χ0n) is 12.0. The lowest BCUT2D eigenvalue weighted by Gasteiger charge is -2.42. The van der Waals surface area contributed by atoms with Gasteiger partial charge in [0.15, 0.2) is 0 Å². The van der Waals surface area contributed by atoms with Crippen LogP contribution in [0.2, 0.25) is 0 Å². The summed E-state index contributed by atoms with van der Waals surface area (Å²) in [7, 11) is 1.73. The molecule has 1 rings (SSSR count). The summed E-state index contributed by atoms with van der Waals surface area (Å²) in [6, 6.07) is -0.380. The Labute approximate surface area is 111 Å². The van der Waals surface area contributed by atoms with Gasteiger partial charge in [0.25, 0.3) is 0 Å². The molecule has 1 aliphatic rings. The maximum absolute atomic E-state index is 11.9. The molecule has 2 atom stereocenters. The van der Waals surface area contributed by atoms with Gasteiger partial charge in [-0.25, -0.2) is 0 Å². The Morgan fingerprint density at radius 2 is 2.17 bits per heavy atom. The van der Waals surface area contributed by atoms with Crippen molar-refractivity contribution in [1.82, 2.24) is 5.32 Å². The smallest absolute Gasteiger partial charge is 0.237 e. The minimum Gasteiger partial charge on any atom is -0.385 e. The van der Waals surface area contributed by atoms with E-state index in [-0.39, 0.29) is 23.3 Å². The van der Waals surface area contributed by atoms with Crippen molar-refractivity contribution in [2.24, 2.45) is 17.1 Å².